The molecule has 38 heavy (non-hydrogen) atoms. The Morgan fingerprint density at radius 3 is 1.63 bits per heavy atom. The SMILES string of the molecule is CC1CCC(COC(=O)c2ccc3cc(C(=O)OCCOC(=O)c4ccc(C(=O)O)cc4)ccc3c2)CC1. The Labute approximate surface area is 220 Å². The lowest BCUT2D eigenvalue weighted by Gasteiger charge is -2.25. The minimum atomic E-state index is -1.09. The van der Waals surface area contributed by atoms with Crippen molar-refractivity contribution in [2.24, 2.45) is 11.8 Å². The van der Waals surface area contributed by atoms with Crippen molar-refractivity contribution < 1.29 is 38.5 Å². The maximum absolute atomic E-state index is 12.5. The van der Waals surface area contributed by atoms with Gasteiger partial charge in [-0.2, -0.15) is 0 Å². The maximum Gasteiger partial charge on any atom is 0.338 e. The minimum Gasteiger partial charge on any atom is -0.478 e. The van der Waals surface area contributed by atoms with E-state index in [1.165, 1.54) is 37.1 Å². The summed E-state index contributed by atoms with van der Waals surface area (Å²) in [7, 11) is 0. The summed E-state index contributed by atoms with van der Waals surface area (Å²) in [6.07, 6.45) is 4.54. The molecule has 1 fully saturated rings. The molecule has 0 aliphatic heterocycles. The average Bonchev–Trinajstić information content (AvgIpc) is 2.94. The van der Waals surface area contributed by atoms with Gasteiger partial charge in [-0.25, -0.2) is 19.2 Å². The molecule has 0 amide bonds. The van der Waals surface area contributed by atoms with Crippen LogP contribution in [0.15, 0.2) is 60.7 Å². The molecule has 198 valence electrons. The van der Waals surface area contributed by atoms with Gasteiger partial charge in [0.2, 0.25) is 0 Å². The van der Waals surface area contributed by atoms with E-state index in [4.69, 9.17) is 19.3 Å². The number of hydrogen-bond donors (Lipinski definition) is 1. The molecule has 4 rings (SSSR count). The van der Waals surface area contributed by atoms with Gasteiger partial charge in [0.05, 0.1) is 28.9 Å². The van der Waals surface area contributed by atoms with Crippen molar-refractivity contribution in [1.82, 2.24) is 0 Å². The van der Waals surface area contributed by atoms with E-state index in [2.05, 4.69) is 6.92 Å². The second-order valence-electron chi connectivity index (χ2n) is 9.66. The zero-order valence-corrected chi connectivity index (χ0v) is 21.2. The molecular weight excluding hydrogens is 488 g/mol. The second kappa shape index (κ2) is 12.4. The summed E-state index contributed by atoms with van der Waals surface area (Å²) in [6.45, 7) is 2.42. The van der Waals surface area contributed by atoms with Crippen molar-refractivity contribution in [3.8, 4) is 0 Å². The Bertz CT molecular complexity index is 1320. The molecular formula is C30H30O8. The number of carbonyl (C=O) groups is 4. The van der Waals surface area contributed by atoms with Gasteiger partial charge in [-0.05, 0) is 84.0 Å². The number of rotatable bonds is 9. The standard InChI is InChI=1S/C30H30O8/c1-19-2-4-20(5-3-19)18-38-30(35)26-13-11-23-16-25(12-10-24(23)17-26)29(34)37-15-14-36-28(33)22-8-6-21(7-9-22)27(31)32/h6-13,16-17,19-20H,2-5,14-15,18H2,1H3,(H,31,32). The van der Waals surface area contributed by atoms with Crippen molar-refractivity contribution in [3.05, 3.63) is 82.9 Å². The largest absolute Gasteiger partial charge is 0.478 e. The van der Waals surface area contributed by atoms with Crippen LogP contribution in [0.3, 0.4) is 0 Å². The van der Waals surface area contributed by atoms with Crippen LogP contribution in [0.4, 0.5) is 0 Å². The fraction of sp³-hybridized carbons (Fsp3) is 0.333. The van der Waals surface area contributed by atoms with Gasteiger partial charge in [-0.3, -0.25) is 0 Å². The van der Waals surface area contributed by atoms with Gasteiger partial charge in [0.1, 0.15) is 13.2 Å². The Balaban J connectivity index is 1.25. The van der Waals surface area contributed by atoms with Gasteiger partial charge in [0, 0.05) is 0 Å². The number of fused-ring (bicyclic) bond motifs is 1. The quantitative estimate of drug-likeness (QED) is 0.223. The zero-order valence-electron chi connectivity index (χ0n) is 21.2. The fourth-order valence-electron chi connectivity index (χ4n) is 4.46. The lowest BCUT2D eigenvalue weighted by atomic mass is 9.83. The molecule has 0 aromatic heterocycles. The summed E-state index contributed by atoms with van der Waals surface area (Å²) in [5, 5.41) is 10.5. The van der Waals surface area contributed by atoms with Gasteiger partial charge in [0.25, 0.3) is 0 Å². The van der Waals surface area contributed by atoms with Crippen molar-refractivity contribution in [2.45, 2.75) is 32.6 Å². The van der Waals surface area contributed by atoms with Crippen LogP contribution in [-0.4, -0.2) is 48.8 Å². The topological polar surface area (TPSA) is 116 Å². The number of benzene rings is 3. The predicted octanol–water partition coefficient (Wildman–Crippen LogP) is 5.53. The van der Waals surface area contributed by atoms with Crippen molar-refractivity contribution in [3.63, 3.8) is 0 Å². The van der Waals surface area contributed by atoms with E-state index in [0.29, 0.717) is 23.7 Å². The van der Waals surface area contributed by atoms with E-state index in [0.717, 1.165) is 29.5 Å². The molecule has 3 aromatic carbocycles. The molecule has 8 heteroatoms. The van der Waals surface area contributed by atoms with Crippen LogP contribution in [0.5, 0.6) is 0 Å². The number of ether oxygens (including phenoxy) is 3. The first kappa shape index (κ1) is 26.9. The molecule has 8 nitrogen and oxygen atoms in total. The van der Waals surface area contributed by atoms with Crippen molar-refractivity contribution in [2.75, 3.05) is 19.8 Å². The van der Waals surface area contributed by atoms with Gasteiger partial charge in [-0.15, -0.1) is 0 Å². The molecule has 0 atom stereocenters. The lowest BCUT2D eigenvalue weighted by molar-refractivity contribution is 0.0266. The summed E-state index contributed by atoms with van der Waals surface area (Å²) < 4.78 is 15.8. The first-order valence-corrected chi connectivity index (χ1v) is 12.7. The number of carbonyl (C=O) groups excluding carboxylic acids is 3. The Morgan fingerprint density at radius 1 is 0.658 bits per heavy atom. The van der Waals surface area contributed by atoms with Gasteiger partial charge >= 0.3 is 23.9 Å². The fourth-order valence-corrected chi connectivity index (χ4v) is 4.46. The van der Waals surface area contributed by atoms with E-state index >= 15 is 0 Å². The summed E-state index contributed by atoms with van der Waals surface area (Å²) in [5.74, 6) is -1.48. The Hall–Kier alpha value is -4.20. The molecule has 3 aromatic rings. The first-order valence-electron chi connectivity index (χ1n) is 12.7. The third kappa shape index (κ3) is 6.97. The number of esters is 3. The molecule has 0 bridgehead atoms. The molecule has 1 N–H and O–H groups in total. The highest BCUT2D eigenvalue weighted by Gasteiger charge is 2.20. The van der Waals surface area contributed by atoms with Crippen LogP contribution < -0.4 is 0 Å². The van der Waals surface area contributed by atoms with E-state index < -0.39 is 17.9 Å². The molecule has 0 spiro atoms. The molecule has 0 unspecified atom stereocenters. The lowest BCUT2D eigenvalue weighted by Crippen LogP contribution is -2.19. The van der Waals surface area contributed by atoms with Crippen LogP contribution >= 0.6 is 0 Å². The zero-order chi connectivity index (χ0) is 27.1. The summed E-state index contributed by atoms with van der Waals surface area (Å²) in [5.41, 5.74) is 1.06. The van der Waals surface area contributed by atoms with Crippen LogP contribution in [0.25, 0.3) is 10.8 Å². The molecule has 1 aliphatic carbocycles. The average molecular weight is 519 g/mol. The molecule has 1 saturated carbocycles. The smallest absolute Gasteiger partial charge is 0.338 e. The molecule has 0 saturated heterocycles. The van der Waals surface area contributed by atoms with E-state index in [1.807, 2.05) is 0 Å². The van der Waals surface area contributed by atoms with E-state index in [-0.39, 0.29) is 30.3 Å². The van der Waals surface area contributed by atoms with Crippen molar-refractivity contribution >= 4 is 34.6 Å². The van der Waals surface area contributed by atoms with Crippen LogP contribution in [0.1, 0.15) is 74.0 Å². The second-order valence-corrected chi connectivity index (χ2v) is 9.66. The van der Waals surface area contributed by atoms with Crippen LogP contribution in [-0.2, 0) is 14.2 Å². The Kier molecular flexibility index (Phi) is 8.73. The summed E-state index contributed by atoms with van der Waals surface area (Å²) in [4.78, 5) is 47.9. The number of carboxylic acids is 1. The number of carboxylic acid groups (broad SMARTS) is 1. The highest BCUT2D eigenvalue weighted by molar-refractivity contribution is 5.99. The van der Waals surface area contributed by atoms with Gasteiger partial charge in [0.15, 0.2) is 0 Å². The third-order valence-electron chi connectivity index (χ3n) is 6.81. The number of hydrogen-bond acceptors (Lipinski definition) is 7. The van der Waals surface area contributed by atoms with E-state index in [1.54, 1.807) is 36.4 Å². The maximum atomic E-state index is 12.5. The van der Waals surface area contributed by atoms with Crippen LogP contribution in [0, 0.1) is 11.8 Å². The normalized spacial score (nSPS) is 17.0. The molecule has 0 heterocycles. The first-order chi connectivity index (χ1) is 18.3. The predicted molar refractivity (Wildman–Crippen MR) is 139 cm³/mol. The highest BCUT2D eigenvalue weighted by atomic mass is 16.6. The van der Waals surface area contributed by atoms with E-state index in [9.17, 15) is 19.2 Å². The van der Waals surface area contributed by atoms with Crippen molar-refractivity contribution in [1.29, 1.82) is 0 Å². The summed E-state index contributed by atoms with van der Waals surface area (Å²) in [6, 6.07) is 15.6. The molecule has 0 radical (unpaired) electrons. The minimum absolute atomic E-state index is 0.0615. The summed E-state index contributed by atoms with van der Waals surface area (Å²) >= 11 is 0. The molecule has 1 aliphatic rings. The third-order valence-corrected chi connectivity index (χ3v) is 6.81. The van der Waals surface area contributed by atoms with Gasteiger partial charge in [-0.1, -0.05) is 31.9 Å². The number of aromatic carboxylic acids is 1. The Morgan fingerprint density at radius 2 is 1.11 bits per heavy atom. The van der Waals surface area contributed by atoms with Gasteiger partial charge < -0.3 is 19.3 Å². The monoisotopic (exact) mass is 518 g/mol. The highest BCUT2D eigenvalue weighted by Crippen LogP contribution is 2.28. The van der Waals surface area contributed by atoms with Crippen LogP contribution in [0.2, 0.25) is 0 Å².